The van der Waals surface area contributed by atoms with Crippen LogP contribution in [-0.4, -0.2) is 23.8 Å². The minimum atomic E-state index is -0.653. The molecule has 0 aliphatic rings. The molecule has 148 valence electrons. The van der Waals surface area contributed by atoms with Gasteiger partial charge in [-0.25, -0.2) is 5.43 Å². The number of hydrazone groups is 1. The maximum absolute atomic E-state index is 12.6. The highest BCUT2D eigenvalue weighted by molar-refractivity contribution is 6.35. The first-order valence-electron chi connectivity index (χ1n) is 9.19. The van der Waals surface area contributed by atoms with Crippen molar-refractivity contribution < 1.29 is 14.4 Å². The van der Waals surface area contributed by atoms with Gasteiger partial charge in [-0.15, -0.1) is 0 Å². The normalized spacial score (nSPS) is 11.1. The van der Waals surface area contributed by atoms with Gasteiger partial charge in [0.05, 0.1) is 6.21 Å². The zero-order valence-corrected chi connectivity index (χ0v) is 16.0. The number of rotatable bonds is 7. The summed E-state index contributed by atoms with van der Waals surface area (Å²) in [7, 11) is 0. The number of Topliss-reactive ketones (excluding diaryl/α,β-unsaturated/α-hetero) is 1. The molecule has 3 aromatic carbocycles. The Morgan fingerprint density at radius 3 is 1.83 bits per heavy atom. The van der Waals surface area contributed by atoms with Crippen LogP contribution in [0.25, 0.3) is 6.08 Å². The van der Waals surface area contributed by atoms with Gasteiger partial charge in [-0.05, 0) is 23.8 Å². The third-order valence-corrected chi connectivity index (χ3v) is 4.05. The summed E-state index contributed by atoms with van der Waals surface area (Å²) in [5.74, 6) is -1.43. The van der Waals surface area contributed by atoms with Crippen LogP contribution in [0.2, 0.25) is 0 Å². The van der Waals surface area contributed by atoms with Crippen LogP contribution in [-0.2, 0) is 4.79 Å². The second kappa shape index (κ2) is 10.3. The fraction of sp³-hybridized carbons (Fsp3) is 0. The molecule has 0 aliphatic carbocycles. The first kappa shape index (κ1) is 20.4. The molecule has 0 aliphatic heterocycles. The van der Waals surface area contributed by atoms with Crippen LogP contribution in [0.3, 0.4) is 0 Å². The Morgan fingerprint density at radius 2 is 1.23 bits per heavy atom. The van der Waals surface area contributed by atoms with Gasteiger partial charge in [0, 0.05) is 11.1 Å². The van der Waals surface area contributed by atoms with Crippen LogP contribution in [0.5, 0.6) is 0 Å². The Balaban J connectivity index is 1.75. The number of carbonyl (C=O) groups is 3. The van der Waals surface area contributed by atoms with Crippen LogP contribution in [0.1, 0.15) is 26.3 Å². The van der Waals surface area contributed by atoms with E-state index in [9.17, 15) is 14.4 Å². The summed E-state index contributed by atoms with van der Waals surface area (Å²) in [5.41, 5.74) is 3.87. The van der Waals surface area contributed by atoms with Gasteiger partial charge in [-0.2, -0.15) is 5.10 Å². The fourth-order valence-electron chi connectivity index (χ4n) is 2.55. The van der Waals surface area contributed by atoms with Crippen molar-refractivity contribution in [2.45, 2.75) is 0 Å². The highest BCUT2D eigenvalue weighted by Gasteiger charge is 2.14. The quantitative estimate of drug-likeness (QED) is 0.277. The van der Waals surface area contributed by atoms with Gasteiger partial charge >= 0.3 is 0 Å². The number of ketones is 1. The Morgan fingerprint density at radius 1 is 0.700 bits per heavy atom. The molecule has 0 spiro atoms. The average Bonchev–Trinajstić information content (AvgIpc) is 2.80. The summed E-state index contributed by atoms with van der Waals surface area (Å²) in [6, 6.07) is 26.2. The molecule has 0 heterocycles. The summed E-state index contributed by atoms with van der Waals surface area (Å²) in [6.07, 6.45) is 2.55. The molecule has 3 rings (SSSR count). The largest absolute Gasteiger partial charge is 0.317 e. The van der Waals surface area contributed by atoms with Crippen LogP contribution in [0, 0.1) is 0 Å². The molecule has 30 heavy (non-hydrogen) atoms. The number of amides is 2. The number of hydrogen-bond acceptors (Lipinski definition) is 4. The van der Waals surface area contributed by atoms with Crippen LogP contribution < -0.4 is 10.7 Å². The topological polar surface area (TPSA) is 87.6 Å². The molecule has 0 bridgehead atoms. The van der Waals surface area contributed by atoms with Gasteiger partial charge in [0.15, 0.2) is 0 Å². The highest BCUT2D eigenvalue weighted by Crippen LogP contribution is 2.07. The van der Waals surface area contributed by atoms with Crippen molar-refractivity contribution in [3.8, 4) is 0 Å². The summed E-state index contributed by atoms with van der Waals surface area (Å²) in [4.78, 5) is 37.2. The summed E-state index contributed by atoms with van der Waals surface area (Å²) in [6.45, 7) is 0. The minimum absolute atomic E-state index is 0.000590. The van der Waals surface area contributed by atoms with Gasteiger partial charge in [-0.3, -0.25) is 14.4 Å². The van der Waals surface area contributed by atoms with Crippen molar-refractivity contribution in [2.75, 3.05) is 0 Å². The fourth-order valence-corrected chi connectivity index (χ4v) is 2.55. The number of carbonyl (C=O) groups excluding carboxylic acids is 3. The second-order valence-electron chi connectivity index (χ2n) is 6.22. The van der Waals surface area contributed by atoms with Gasteiger partial charge in [0.25, 0.3) is 11.8 Å². The summed E-state index contributed by atoms with van der Waals surface area (Å²) in [5, 5.41) is 6.33. The van der Waals surface area contributed by atoms with Crippen molar-refractivity contribution in [2.24, 2.45) is 5.10 Å². The summed E-state index contributed by atoms with van der Waals surface area (Å²) >= 11 is 0. The molecular weight excluding hydrogens is 378 g/mol. The van der Waals surface area contributed by atoms with E-state index in [2.05, 4.69) is 15.8 Å². The van der Waals surface area contributed by atoms with Crippen molar-refractivity contribution in [1.82, 2.24) is 10.7 Å². The molecular formula is C24H19N3O3. The third-order valence-electron chi connectivity index (χ3n) is 4.05. The maximum atomic E-state index is 12.6. The molecule has 3 aromatic rings. The van der Waals surface area contributed by atoms with E-state index >= 15 is 0 Å². The van der Waals surface area contributed by atoms with E-state index in [1.165, 1.54) is 6.08 Å². The molecule has 0 saturated carbocycles. The molecule has 6 nitrogen and oxygen atoms in total. The van der Waals surface area contributed by atoms with Crippen molar-refractivity contribution in [1.29, 1.82) is 0 Å². The number of nitrogens with zero attached hydrogens (tertiary/aromatic N) is 1. The van der Waals surface area contributed by atoms with E-state index < -0.39 is 11.8 Å². The lowest BCUT2D eigenvalue weighted by atomic mass is 10.1. The van der Waals surface area contributed by atoms with E-state index in [-0.39, 0.29) is 11.5 Å². The zero-order chi connectivity index (χ0) is 21.2. The van der Waals surface area contributed by atoms with E-state index in [0.29, 0.717) is 11.1 Å². The van der Waals surface area contributed by atoms with E-state index in [0.717, 1.165) is 11.8 Å². The summed E-state index contributed by atoms with van der Waals surface area (Å²) < 4.78 is 0. The molecule has 2 N–H and O–H groups in total. The van der Waals surface area contributed by atoms with E-state index in [1.54, 1.807) is 72.8 Å². The van der Waals surface area contributed by atoms with Gasteiger partial charge in [0.2, 0.25) is 5.78 Å². The second-order valence-corrected chi connectivity index (χ2v) is 6.22. The van der Waals surface area contributed by atoms with Crippen molar-refractivity contribution in [3.63, 3.8) is 0 Å². The van der Waals surface area contributed by atoms with Crippen LogP contribution >= 0.6 is 0 Å². The van der Waals surface area contributed by atoms with Crippen molar-refractivity contribution in [3.05, 3.63) is 113 Å². The molecule has 0 atom stereocenters. The number of hydrogen-bond donors (Lipinski definition) is 2. The van der Waals surface area contributed by atoms with E-state index in [4.69, 9.17) is 0 Å². The maximum Gasteiger partial charge on any atom is 0.287 e. The molecule has 0 fully saturated rings. The van der Waals surface area contributed by atoms with Crippen LogP contribution in [0.4, 0.5) is 0 Å². The predicted molar refractivity (Wildman–Crippen MR) is 116 cm³/mol. The first-order valence-corrected chi connectivity index (χ1v) is 9.19. The first-order chi connectivity index (χ1) is 14.6. The molecule has 2 amide bonds. The van der Waals surface area contributed by atoms with Crippen LogP contribution in [0.15, 0.2) is 102 Å². The minimum Gasteiger partial charge on any atom is -0.317 e. The standard InChI is InChI=1S/C24H19N3O3/c28-22(19-12-6-2-7-13-19)17-25-27-24(30)21(16-18-10-4-1-5-11-18)26-23(29)20-14-8-3-9-15-20/h1-17H,(H,26,29)(H,27,30)/b21-16-,25-17+. The predicted octanol–water partition coefficient (Wildman–Crippen LogP) is 3.44. The lowest BCUT2D eigenvalue weighted by molar-refractivity contribution is -0.117. The average molecular weight is 397 g/mol. The Labute approximate surface area is 173 Å². The highest BCUT2D eigenvalue weighted by atomic mass is 16.2. The lowest BCUT2D eigenvalue weighted by Gasteiger charge is -2.09. The Hall–Kier alpha value is -4.32. The monoisotopic (exact) mass is 397 g/mol. The Bertz CT molecular complexity index is 1080. The molecule has 6 heteroatoms. The number of nitrogens with one attached hydrogen (secondary N) is 2. The van der Waals surface area contributed by atoms with Gasteiger partial charge < -0.3 is 5.32 Å². The van der Waals surface area contributed by atoms with Crippen molar-refractivity contribution >= 4 is 29.9 Å². The Kier molecular flexibility index (Phi) is 7.00. The lowest BCUT2D eigenvalue weighted by Crippen LogP contribution is -2.33. The SMILES string of the molecule is O=C(N/N=C/C(=O)c1ccccc1)/C(=C/c1ccccc1)NC(=O)c1ccccc1. The number of benzene rings is 3. The molecule has 0 aromatic heterocycles. The zero-order valence-electron chi connectivity index (χ0n) is 16.0. The van der Waals surface area contributed by atoms with Gasteiger partial charge in [-0.1, -0.05) is 78.9 Å². The van der Waals surface area contributed by atoms with E-state index in [1.807, 2.05) is 18.2 Å². The molecule has 0 radical (unpaired) electrons. The molecule has 0 unspecified atom stereocenters. The smallest absolute Gasteiger partial charge is 0.287 e. The van der Waals surface area contributed by atoms with Gasteiger partial charge in [0.1, 0.15) is 5.70 Å². The third kappa shape index (κ3) is 5.84. The molecule has 0 saturated heterocycles.